The standard InChI is InChI=1S/C21H21S.C6H5ClO3S/c1-16-14-17(2)21(18(3)15-16)22(19-10-6-4-7-11-19)20-12-8-5-9-13-20;7-5-1-3-6(4-2-5)11(8,9)10/h4-15H,1-3H3;1-4H,(H,8,9,10)/q+1;/p-1. The summed E-state index contributed by atoms with van der Waals surface area (Å²) in [6.07, 6.45) is 0. The van der Waals surface area contributed by atoms with Crippen molar-refractivity contribution in [2.45, 2.75) is 40.4 Å². The van der Waals surface area contributed by atoms with E-state index in [0.29, 0.717) is 5.02 Å². The van der Waals surface area contributed by atoms with Crippen LogP contribution in [0.25, 0.3) is 0 Å². The molecule has 4 aromatic carbocycles. The third-order valence-electron chi connectivity index (χ3n) is 4.87. The lowest BCUT2D eigenvalue weighted by Crippen LogP contribution is -2.08. The van der Waals surface area contributed by atoms with Gasteiger partial charge in [-0.1, -0.05) is 65.7 Å². The van der Waals surface area contributed by atoms with Crippen LogP contribution in [-0.2, 0) is 21.0 Å². The Morgan fingerprint density at radius 2 is 1.12 bits per heavy atom. The molecule has 170 valence electrons. The largest absolute Gasteiger partial charge is 0.744 e. The summed E-state index contributed by atoms with van der Waals surface area (Å²) in [5.41, 5.74) is 4.10. The van der Waals surface area contributed by atoms with E-state index in [2.05, 4.69) is 93.6 Å². The van der Waals surface area contributed by atoms with Crippen LogP contribution in [0.15, 0.2) is 117 Å². The Balaban J connectivity index is 0.000000235. The van der Waals surface area contributed by atoms with Gasteiger partial charge in [-0.2, -0.15) is 0 Å². The fraction of sp³-hybridized carbons (Fsp3) is 0.111. The minimum absolute atomic E-state index is 0.0460. The molecule has 0 N–H and O–H groups in total. The van der Waals surface area contributed by atoms with E-state index < -0.39 is 10.1 Å². The van der Waals surface area contributed by atoms with Gasteiger partial charge in [0.25, 0.3) is 0 Å². The van der Waals surface area contributed by atoms with E-state index in [4.69, 9.17) is 11.6 Å². The molecule has 0 radical (unpaired) electrons. The van der Waals surface area contributed by atoms with E-state index >= 15 is 0 Å². The van der Waals surface area contributed by atoms with Crippen molar-refractivity contribution in [2.24, 2.45) is 0 Å². The zero-order valence-electron chi connectivity index (χ0n) is 18.7. The molecule has 0 unspecified atom stereocenters. The Morgan fingerprint density at radius 3 is 1.52 bits per heavy atom. The van der Waals surface area contributed by atoms with Gasteiger partial charge in [0.1, 0.15) is 10.1 Å². The Labute approximate surface area is 204 Å². The maximum Gasteiger partial charge on any atom is 0.172 e. The summed E-state index contributed by atoms with van der Waals surface area (Å²) in [6, 6.07) is 31.3. The van der Waals surface area contributed by atoms with Crippen LogP contribution in [0.2, 0.25) is 5.02 Å². The van der Waals surface area contributed by atoms with E-state index in [1.165, 1.54) is 55.6 Å². The van der Waals surface area contributed by atoms with Gasteiger partial charge in [0.2, 0.25) is 0 Å². The Kier molecular flexibility index (Phi) is 8.38. The van der Waals surface area contributed by atoms with Crippen molar-refractivity contribution >= 4 is 32.6 Å². The highest BCUT2D eigenvalue weighted by atomic mass is 35.5. The zero-order chi connectivity index (χ0) is 24.0. The van der Waals surface area contributed by atoms with Crippen molar-refractivity contribution in [1.29, 1.82) is 0 Å². The molecule has 0 saturated carbocycles. The molecule has 0 aliphatic carbocycles. The van der Waals surface area contributed by atoms with Gasteiger partial charge >= 0.3 is 0 Å². The quantitative estimate of drug-likeness (QED) is 0.227. The van der Waals surface area contributed by atoms with Crippen LogP contribution in [0.1, 0.15) is 16.7 Å². The van der Waals surface area contributed by atoms with Gasteiger partial charge in [-0.15, -0.1) is 0 Å². The minimum Gasteiger partial charge on any atom is -0.744 e. The molecule has 0 aliphatic heterocycles. The Hall–Kier alpha value is -2.57. The van der Waals surface area contributed by atoms with E-state index in [1.54, 1.807) is 0 Å². The number of hydrogen-bond donors (Lipinski definition) is 0. The fourth-order valence-corrected chi connectivity index (χ4v) is 6.53. The number of aryl methyl sites for hydroxylation is 3. The summed E-state index contributed by atoms with van der Waals surface area (Å²) >= 11 is 5.46. The van der Waals surface area contributed by atoms with Gasteiger partial charge in [-0.05, 0) is 69.3 Å². The average molecular weight is 497 g/mol. The molecule has 0 atom stereocenters. The first-order valence-corrected chi connectivity index (χ1v) is 13.3. The van der Waals surface area contributed by atoms with Crippen molar-refractivity contribution in [3.8, 4) is 0 Å². The first kappa shape index (κ1) is 25.1. The number of hydrogen-bond acceptors (Lipinski definition) is 3. The van der Waals surface area contributed by atoms with Gasteiger partial charge in [0.15, 0.2) is 14.7 Å². The van der Waals surface area contributed by atoms with Crippen molar-refractivity contribution in [2.75, 3.05) is 0 Å². The van der Waals surface area contributed by atoms with Crippen LogP contribution in [0.5, 0.6) is 0 Å². The number of rotatable bonds is 4. The van der Waals surface area contributed by atoms with Crippen LogP contribution in [0.4, 0.5) is 0 Å². The molecule has 0 aliphatic rings. The van der Waals surface area contributed by atoms with Gasteiger partial charge in [0.05, 0.1) is 15.8 Å². The summed E-state index contributed by atoms with van der Waals surface area (Å²) in [5, 5.41) is 0.400. The van der Waals surface area contributed by atoms with Crippen molar-refractivity contribution < 1.29 is 13.0 Å². The van der Waals surface area contributed by atoms with E-state index in [0.717, 1.165) is 0 Å². The third-order valence-corrected chi connectivity index (χ3v) is 8.51. The topological polar surface area (TPSA) is 57.2 Å². The van der Waals surface area contributed by atoms with Gasteiger partial charge in [-0.3, -0.25) is 0 Å². The van der Waals surface area contributed by atoms with Crippen molar-refractivity contribution in [3.05, 3.63) is 119 Å². The second-order valence-corrected chi connectivity index (χ2v) is 11.3. The van der Waals surface area contributed by atoms with Crippen LogP contribution in [0.3, 0.4) is 0 Å². The second kappa shape index (κ2) is 11.0. The highest BCUT2D eigenvalue weighted by Crippen LogP contribution is 2.35. The Bertz CT molecular complexity index is 1240. The molecule has 0 amide bonds. The molecule has 0 bridgehead atoms. The van der Waals surface area contributed by atoms with Crippen LogP contribution >= 0.6 is 11.6 Å². The summed E-state index contributed by atoms with van der Waals surface area (Å²) < 4.78 is 31.0. The van der Waals surface area contributed by atoms with Gasteiger partial charge in [0, 0.05) is 16.1 Å². The fourth-order valence-electron chi connectivity index (χ4n) is 3.57. The lowest BCUT2D eigenvalue weighted by Gasteiger charge is -2.13. The average Bonchev–Trinajstić information content (AvgIpc) is 2.77. The molecule has 0 spiro atoms. The minimum atomic E-state index is -4.33. The highest BCUT2D eigenvalue weighted by Gasteiger charge is 2.31. The molecule has 4 aromatic rings. The SMILES string of the molecule is Cc1cc(C)c([S+](c2ccccc2)c2ccccc2)c(C)c1.O=S(=O)([O-])c1ccc(Cl)cc1. The first-order chi connectivity index (χ1) is 15.7. The summed E-state index contributed by atoms with van der Waals surface area (Å²) in [5.74, 6) is 0. The molecule has 33 heavy (non-hydrogen) atoms. The Morgan fingerprint density at radius 1 is 0.697 bits per heavy atom. The predicted octanol–water partition coefficient (Wildman–Crippen LogP) is 6.95. The van der Waals surface area contributed by atoms with Crippen LogP contribution < -0.4 is 0 Å². The highest BCUT2D eigenvalue weighted by molar-refractivity contribution is 7.97. The zero-order valence-corrected chi connectivity index (χ0v) is 21.0. The molecule has 4 rings (SSSR count). The molecule has 0 fully saturated rings. The molecular formula is C27H25ClO3S2. The molecular weight excluding hydrogens is 472 g/mol. The van der Waals surface area contributed by atoms with Crippen LogP contribution in [-0.4, -0.2) is 13.0 Å². The van der Waals surface area contributed by atoms with Crippen molar-refractivity contribution in [3.63, 3.8) is 0 Å². The summed E-state index contributed by atoms with van der Waals surface area (Å²) in [4.78, 5) is 3.96. The molecule has 6 heteroatoms. The molecule has 0 aromatic heterocycles. The van der Waals surface area contributed by atoms with Crippen LogP contribution in [0, 0.1) is 20.8 Å². The lowest BCUT2D eigenvalue weighted by molar-refractivity contribution is 0.463. The lowest BCUT2D eigenvalue weighted by atomic mass is 10.1. The third kappa shape index (κ3) is 6.71. The van der Waals surface area contributed by atoms with Crippen molar-refractivity contribution in [1.82, 2.24) is 0 Å². The summed E-state index contributed by atoms with van der Waals surface area (Å²) in [6.45, 7) is 6.65. The van der Waals surface area contributed by atoms with E-state index in [9.17, 15) is 13.0 Å². The molecule has 0 saturated heterocycles. The maximum absolute atomic E-state index is 10.3. The first-order valence-electron chi connectivity index (χ1n) is 10.3. The van der Waals surface area contributed by atoms with Gasteiger partial charge in [-0.25, -0.2) is 8.42 Å². The number of benzene rings is 4. The second-order valence-electron chi connectivity index (χ2n) is 7.57. The van der Waals surface area contributed by atoms with E-state index in [-0.39, 0.29) is 15.8 Å². The van der Waals surface area contributed by atoms with Gasteiger partial charge < -0.3 is 4.55 Å². The maximum atomic E-state index is 10.3. The molecule has 3 nitrogen and oxygen atoms in total. The smallest absolute Gasteiger partial charge is 0.172 e. The predicted molar refractivity (Wildman–Crippen MR) is 135 cm³/mol. The number of halogens is 1. The molecule has 0 heterocycles. The summed E-state index contributed by atoms with van der Waals surface area (Å²) in [7, 11) is -4.37. The monoisotopic (exact) mass is 496 g/mol. The normalized spacial score (nSPS) is 11.1. The van der Waals surface area contributed by atoms with E-state index in [1.807, 2.05) is 0 Å².